The van der Waals surface area contributed by atoms with Crippen molar-refractivity contribution in [3.8, 4) is 39.7 Å². The van der Waals surface area contributed by atoms with Gasteiger partial charge in [0.15, 0.2) is 0 Å². The molecule has 7 nitrogen and oxygen atoms in total. The van der Waals surface area contributed by atoms with Gasteiger partial charge in [0, 0.05) is 39.8 Å². The quantitative estimate of drug-likeness (QED) is 0.262. The Hall–Kier alpha value is -4.59. The molecule has 1 saturated carbocycles. The van der Waals surface area contributed by atoms with E-state index >= 15 is 0 Å². The molecule has 0 bridgehead atoms. The van der Waals surface area contributed by atoms with Gasteiger partial charge in [-0.1, -0.05) is 18.6 Å². The van der Waals surface area contributed by atoms with Crippen molar-refractivity contribution >= 4 is 21.8 Å². The van der Waals surface area contributed by atoms with Gasteiger partial charge in [0.05, 0.1) is 41.1 Å². The fourth-order valence-electron chi connectivity index (χ4n) is 5.33. The Morgan fingerprint density at radius 3 is 2.61 bits per heavy atom. The smallest absolute Gasteiger partial charge is 0.138 e. The molecule has 38 heavy (non-hydrogen) atoms. The highest BCUT2D eigenvalue weighted by Gasteiger charge is 2.18. The Kier molecular flexibility index (Phi) is 5.57. The second kappa shape index (κ2) is 9.37. The summed E-state index contributed by atoms with van der Waals surface area (Å²) in [6, 6.07) is 14.5. The molecule has 188 valence electrons. The minimum Gasteiger partial charge on any atom is -0.489 e. The number of hydrogen-bond acceptors (Lipinski definition) is 5. The summed E-state index contributed by atoms with van der Waals surface area (Å²) in [6.07, 6.45) is 13.2. The van der Waals surface area contributed by atoms with E-state index in [-0.39, 0.29) is 11.9 Å². The monoisotopic (exact) mass is 504 g/mol. The fourth-order valence-corrected chi connectivity index (χ4v) is 5.33. The predicted octanol–water partition coefficient (Wildman–Crippen LogP) is 7.08. The van der Waals surface area contributed by atoms with E-state index in [1.54, 1.807) is 36.9 Å². The van der Waals surface area contributed by atoms with Crippen molar-refractivity contribution in [1.29, 1.82) is 0 Å². The molecule has 1 aromatic carbocycles. The Bertz CT molecular complexity index is 1770. The van der Waals surface area contributed by atoms with E-state index in [1.807, 2.05) is 30.3 Å². The molecule has 6 aromatic rings. The normalized spacial score (nSPS) is 14.3. The topological polar surface area (TPSA) is 92.4 Å². The number of fused-ring (bicyclic) bond motifs is 2. The summed E-state index contributed by atoms with van der Waals surface area (Å²) in [5.74, 6) is 0.465. The lowest BCUT2D eigenvalue weighted by Gasteiger charge is -2.22. The van der Waals surface area contributed by atoms with Gasteiger partial charge in [0.2, 0.25) is 0 Å². The third kappa shape index (κ3) is 4.08. The molecule has 0 atom stereocenters. The summed E-state index contributed by atoms with van der Waals surface area (Å²) in [4.78, 5) is 17.0. The number of halogens is 1. The molecule has 1 aliphatic carbocycles. The Morgan fingerprint density at radius 1 is 0.842 bits per heavy atom. The van der Waals surface area contributed by atoms with E-state index in [2.05, 4.69) is 30.1 Å². The summed E-state index contributed by atoms with van der Waals surface area (Å²) in [6.45, 7) is 0. The Morgan fingerprint density at radius 2 is 1.71 bits per heavy atom. The molecule has 0 amide bonds. The highest BCUT2D eigenvalue weighted by molar-refractivity contribution is 6.00. The van der Waals surface area contributed by atoms with Crippen LogP contribution >= 0.6 is 0 Å². The maximum atomic E-state index is 14.6. The van der Waals surface area contributed by atoms with Crippen LogP contribution in [0, 0.1) is 5.82 Å². The van der Waals surface area contributed by atoms with E-state index in [0.717, 1.165) is 63.0 Å². The first-order chi connectivity index (χ1) is 18.7. The van der Waals surface area contributed by atoms with Gasteiger partial charge in [-0.2, -0.15) is 5.10 Å². The summed E-state index contributed by atoms with van der Waals surface area (Å²) in [7, 11) is 0. The zero-order valence-corrected chi connectivity index (χ0v) is 20.6. The average Bonchev–Trinajstić information content (AvgIpc) is 3.58. The van der Waals surface area contributed by atoms with E-state index in [4.69, 9.17) is 4.74 Å². The van der Waals surface area contributed by atoms with Gasteiger partial charge in [-0.3, -0.25) is 20.1 Å². The summed E-state index contributed by atoms with van der Waals surface area (Å²) < 4.78 is 20.8. The van der Waals surface area contributed by atoms with Gasteiger partial charge in [0.1, 0.15) is 17.3 Å². The summed E-state index contributed by atoms with van der Waals surface area (Å²) in [5.41, 5.74) is 5.95. The number of nitrogens with zero attached hydrogens (tertiary/aromatic N) is 4. The first-order valence-corrected chi connectivity index (χ1v) is 12.9. The molecule has 5 heterocycles. The molecule has 7 rings (SSSR count). The lowest BCUT2D eigenvalue weighted by atomic mass is 9.98. The molecular formula is C30H25FN6O. The van der Waals surface area contributed by atoms with Gasteiger partial charge in [-0.05, 0) is 62.1 Å². The van der Waals surface area contributed by atoms with Crippen LogP contribution in [0.2, 0.25) is 0 Å². The van der Waals surface area contributed by atoms with Gasteiger partial charge in [-0.25, -0.2) is 4.39 Å². The standard InChI is InChI=1S/C30H25FN6O/c31-24-9-5-4-8-21(24)29-22-14-27(35-25(22)10-11-33-29)30-23-13-26(34-17-28(23)36-37-30)18-12-20(16-32-15-18)38-19-6-2-1-3-7-19/h4-5,8-17,19,35H,1-3,6-7H2,(H,36,37). The molecule has 5 aromatic heterocycles. The molecule has 1 fully saturated rings. The van der Waals surface area contributed by atoms with Crippen LogP contribution in [-0.4, -0.2) is 36.2 Å². The van der Waals surface area contributed by atoms with E-state index in [0.29, 0.717) is 11.3 Å². The molecule has 1 aliphatic rings. The Balaban J connectivity index is 1.26. The predicted molar refractivity (Wildman–Crippen MR) is 145 cm³/mol. The molecule has 2 N–H and O–H groups in total. The minimum absolute atomic E-state index is 0.252. The number of nitrogens with one attached hydrogen (secondary N) is 2. The Labute approximate surface area is 218 Å². The fraction of sp³-hybridized carbons (Fsp3) is 0.200. The molecule has 0 spiro atoms. The van der Waals surface area contributed by atoms with Gasteiger partial charge in [0.25, 0.3) is 0 Å². The average molecular weight is 505 g/mol. The summed E-state index contributed by atoms with van der Waals surface area (Å²) in [5, 5.41) is 9.41. The number of aromatic nitrogens is 6. The number of benzene rings is 1. The van der Waals surface area contributed by atoms with Crippen molar-refractivity contribution in [2.24, 2.45) is 0 Å². The van der Waals surface area contributed by atoms with Crippen molar-refractivity contribution in [3.05, 3.63) is 79.1 Å². The van der Waals surface area contributed by atoms with Crippen LogP contribution in [0.1, 0.15) is 32.1 Å². The zero-order chi connectivity index (χ0) is 25.5. The second-order valence-corrected chi connectivity index (χ2v) is 9.76. The largest absolute Gasteiger partial charge is 0.489 e. The maximum Gasteiger partial charge on any atom is 0.138 e. The van der Waals surface area contributed by atoms with Crippen molar-refractivity contribution in [2.45, 2.75) is 38.2 Å². The van der Waals surface area contributed by atoms with Gasteiger partial charge >= 0.3 is 0 Å². The number of rotatable bonds is 5. The number of H-pyrrole nitrogens is 2. The van der Waals surface area contributed by atoms with E-state index in [9.17, 15) is 4.39 Å². The van der Waals surface area contributed by atoms with Crippen LogP contribution in [0.15, 0.2) is 73.3 Å². The van der Waals surface area contributed by atoms with Gasteiger partial charge < -0.3 is 9.72 Å². The lowest BCUT2D eigenvalue weighted by molar-refractivity contribution is 0.154. The molecular weight excluding hydrogens is 479 g/mol. The van der Waals surface area contributed by atoms with E-state index < -0.39 is 0 Å². The number of aromatic amines is 2. The molecule has 8 heteroatoms. The number of pyridine rings is 3. The first kappa shape index (κ1) is 22.6. The van der Waals surface area contributed by atoms with Crippen molar-refractivity contribution in [3.63, 3.8) is 0 Å². The summed E-state index contributed by atoms with van der Waals surface area (Å²) >= 11 is 0. The second-order valence-electron chi connectivity index (χ2n) is 9.76. The van der Waals surface area contributed by atoms with Crippen LogP contribution in [0.3, 0.4) is 0 Å². The van der Waals surface area contributed by atoms with Crippen molar-refractivity contribution in [1.82, 2.24) is 30.1 Å². The van der Waals surface area contributed by atoms with Crippen LogP contribution in [-0.2, 0) is 0 Å². The van der Waals surface area contributed by atoms with Crippen LogP contribution in [0.4, 0.5) is 4.39 Å². The molecule has 0 unspecified atom stereocenters. The molecule has 0 radical (unpaired) electrons. The van der Waals surface area contributed by atoms with Crippen molar-refractivity contribution < 1.29 is 9.13 Å². The van der Waals surface area contributed by atoms with Crippen molar-refractivity contribution in [2.75, 3.05) is 0 Å². The number of ether oxygens (including phenoxy) is 1. The SMILES string of the molecule is Fc1ccccc1-c1nccc2[nH]c(-c3n[nH]c4cnc(-c5cncc(OC6CCCCC6)c5)cc34)cc12. The first-order valence-electron chi connectivity index (χ1n) is 12.9. The van der Waals surface area contributed by atoms with Crippen LogP contribution in [0.25, 0.3) is 55.7 Å². The zero-order valence-electron chi connectivity index (χ0n) is 20.6. The third-order valence-corrected chi connectivity index (χ3v) is 7.24. The minimum atomic E-state index is -0.306. The molecule has 0 saturated heterocycles. The van der Waals surface area contributed by atoms with Crippen LogP contribution < -0.4 is 4.74 Å². The highest BCUT2D eigenvalue weighted by atomic mass is 19.1. The van der Waals surface area contributed by atoms with Crippen LogP contribution in [0.5, 0.6) is 5.75 Å². The molecule has 0 aliphatic heterocycles. The highest BCUT2D eigenvalue weighted by Crippen LogP contribution is 2.35. The maximum absolute atomic E-state index is 14.6. The lowest BCUT2D eigenvalue weighted by Crippen LogP contribution is -2.19. The third-order valence-electron chi connectivity index (χ3n) is 7.24. The van der Waals surface area contributed by atoms with E-state index in [1.165, 1.54) is 25.3 Å². The van der Waals surface area contributed by atoms with Gasteiger partial charge in [-0.15, -0.1) is 0 Å². The number of hydrogen-bond donors (Lipinski definition) is 2.